The van der Waals surface area contributed by atoms with Crippen LogP contribution in [0.1, 0.15) is 12.8 Å². The smallest absolute Gasteiger partial charge is 0.267 e. The number of para-hydroxylation sites is 2. The first-order chi connectivity index (χ1) is 13.1. The monoisotopic (exact) mass is 373 g/mol. The predicted octanol–water partition coefficient (Wildman–Crippen LogP) is 0.839. The van der Waals surface area contributed by atoms with Crippen LogP contribution < -0.4 is 9.47 Å². The Labute approximate surface area is 159 Å². The summed E-state index contributed by atoms with van der Waals surface area (Å²) in [6.07, 6.45) is 0.840. The van der Waals surface area contributed by atoms with E-state index in [-0.39, 0.29) is 24.3 Å². The summed E-state index contributed by atoms with van der Waals surface area (Å²) >= 11 is 0. The zero-order valence-corrected chi connectivity index (χ0v) is 15.8. The lowest BCUT2D eigenvalue weighted by atomic mass is 9.94. The van der Waals surface area contributed by atoms with E-state index in [1.165, 1.54) is 0 Å². The fourth-order valence-electron chi connectivity index (χ4n) is 3.98. The lowest BCUT2D eigenvalue weighted by Crippen LogP contribution is -2.52. The average molecular weight is 373 g/mol. The minimum absolute atomic E-state index is 0.0294. The van der Waals surface area contributed by atoms with Crippen LogP contribution in [0.4, 0.5) is 0 Å². The maximum Gasteiger partial charge on any atom is 0.267 e. The first-order valence-electron chi connectivity index (χ1n) is 9.76. The average Bonchev–Trinajstić information content (AvgIpc) is 2.73. The normalized spacial score (nSPS) is 24.0. The molecule has 27 heavy (non-hydrogen) atoms. The standard InChI is InChI=1S/C20H27N3O4/c1-21-10-12-23(13-11-21)19(24)15-6-8-22(9-7-15)20(25)18-14-26-16-4-2-3-5-17(16)27-18/h2-5,15,18H,6-14H2,1H3. The summed E-state index contributed by atoms with van der Waals surface area (Å²) in [5, 5.41) is 0. The highest BCUT2D eigenvalue weighted by Crippen LogP contribution is 2.31. The Bertz CT molecular complexity index is 694. The minimum atomic E-state index is -0.607. The van der Waals surface area contributed by atoms with Gasteiger partial charge in [0, 0.05) is 45.2 Å². The van der Waals surface area contributed by atoms with E-state index < -0.39 is 6.10 Å². The Balaban J connectivity index is 1.29. The summed E-state index contributed by atoms with van der Waals surface area (Å²) in [6.45, 7) is 4.92. The molecule has 0 radical (unpaired) electrons. The number of amides is 2. The molecule has 2 amide bonds. The minimum Gasteiger partial charge on any atom is -0.485 e. The van der Waals surface area contributed by atoms with Gasteiger partial charge in [0.2, 0.25) is 12.0 Å². The highest BCUT2D eigenvalue weighted by Gasteiger charge is 2.35. The Kier molecular flexibility index (Phi) is 5.20. The molecule has 0 bridgehead atoms. The molecular formula is C20H27N3O4. The molecule has 0 aromatic heterocycles. The van der Waals surface area contributed by atoms with E-state index in [1.807, 2.05) is 34.1 Å². The van der Waals surface area contributed by atoms with Gasteiger partial charge < -0.3 is 24.2 Å². The maximum atomic E-state index is 12.8. The van der Waals surface area contributed by atoms with Crippen molar-refractivity contribution >= 4 is 11.8 Å². The summed E-state index contributed by atoms with van der Waals surface area (Å²) in [5.41, 5.74) is 0. The van der Waals surface area contributed by atoms with Crippen LogP contribution in [0.5, 0.6) is 11.5 Å². The number of likely N-dealkylation sites (N-methyl/N-ethyl adjacent to an activating group) is 1. The zero-order chi connectivity index (χ0) is 18.8. The molecule has 0 saturated carbocycles. The summed E-state index contributed by atoms with van der Waals surface area (Å²) < 4.78 is 11.5. The van der Waals surface area contributed by atoms with E-state index in [4.69, 9.17) is 9.47 Å². The van der Waals surface area contributed by atoms with Crippen molar-refractivity contribution in [3.8, 4) is 11.5 Å². The number of rotatable bonds is 2. The second-order valence-corrected chi connectivity index (χ2v) is 7.59. The number of benzene rings is 1. The fourth-order valence-corrected chi connectivity index (χ4v) is 3.98. The number of hydrogen-bond acceptors (Lipinski definition) is 5. The van der Waals surface area contributed by atoms with E-state index in [9.17, 15) is 9.59 Å². The van der Waals surface area contributed by atoms with E-state index in [2.05, 4.69) is 11.9 Å². The number of carbonyl (C=O) groups excluding carboxylic acids is 2. The molecule has 0 spiro atoms. The second kappa shape index (κ2) is 7.76. The van der Waals surface area contributed by atoms with Gasteiger partial charge in [0.05, 0.1) is 0 Å². The molecule has 0 N–H and O–H groups in total. The quantitative estimate of drug-likeness (QED) is 0.769. The van der Waals surface area contributed by atoms with Crippen LogP contribution in [-0.2, 0) is 9.59 Å². The third kappa shape index (κ3) is 3.88. The van der Waals surface area contributed by atoms with Crippen LogP contribution >= 0.6 is 0 Å². The molecule has 3 aliphatic heterocycles. The van der Waals surface area contributed by atoms with Crippen molar-refractivity contribution < 1.29 is 19.1 Å². The molecule has 3 heterocycles. The van der Waals surface area contributed by atoms with Crippen molar-refractivity contribution in [2.24, 2.45) is 5.92 Å². The first-order valence-corrected chi connectivity index (χ1v) is 9.76. The van der Waals surface area contributed by atoms with Crippen molar-refractivity contribution in [2.75, 3.05) is 52.9 Å². The van der Waals surface area contributed by atoms with Gasteiger partial charge in [0.25, 0.3) is 5.91 Å². The van der Waals surface area contributed by atoms with E-state index in [1.54, 1.807) is 0 Å². The van der Waals surface area contributed by atoms with Crippen LogP contribution in [0.25, 0.3) is 0 Å². The molecule has 7 nitrogen and oxygen atoms in total. The summed E-state index contributed by atoms with van der Waals surface area (Å²) in [5.74, 6) is 1.53. The molecule has 2 saturated heterocycles. The fraction of sp³-hybridized carbons (Fsp3) is 0.600. The summed E-state index contributed by atoms with van der Waals surface area (Å²) in [4.78, 5) is 31.6. The van der Waals surface area contributed by atoms with Gasteiger partial charge in [-0.3, -0.25) is 9.59 Å². The zero-order valence-electron chi connectivity index (χ0n) is 15.8. The molecule has 7 heteroatoms. The van der Waals surface area contributed by atoms with Gasteiger partial charge in [-0.15, -0.1) is 0 Å². The van der Waals surface area contributed by atoms with Gasteiger partial charge in [-0.1, -0.05) is 12.1 Å². The van der Waals surface area contributed by atoms with Crippen LogP contribution in [0.2, 0.25) is 0 Å². The number of piperidine rings is 1. The van der Waals surface area contributed by atoms with Gasteiger partial charge in [0.15, 0.2) is 11.5 Å². The summed E-state index contributed by atoms with van der Waals surface area (Å²) in [7, 11) is 2.08. The summed E-state index contributed by atoms with van der Waals surface area (Å²) in [6, 6.07) is 7.40. The number of nitrogens with zero attached hydrogens (tertiary/aromatic N) is 3. The Hall–Kier alpha value is -2.28. The Morgan fingerprint density at radius 1 is 0.889 bits per heavy atom. The van der Waals surface area contributed by atoms with Gasteiger partial charge in [0.1, 0.15) is 6.61 Å². The Morgan fingerprint density at radius 3 is 2.22 bits per heavy atom. The molecule has 146 valence electrons. The number of ether oxygens (including phenoxy) is 2. The molecule has 3 aliphatic rings. The van der Waals surface area contributed by atoms with Gasteiger partial charge in [-0.05, 0) is 32.0 Å². The third-order valence-electron chi connectivity index (χ3n) is 5.75. The largest absolute Gasteiger partial charge is 0.485 e. The van der Waals surface area contributed by atoms with Crippen molar-refractivity contribution in [3.63, 3.8) is 0 Å². The number of likely N-dealkylation sites (tertiary alicyclic amines) is 1. The highest BCUT2D eigenvalue weighted by molar-refractivity contribution is 5.83. The van der Waals surface area contributed by atoms with Crippen molar-refractivity contribution in [1.82, 2.24) is 14.7 Å². The Morgan fingerprint density at radius 2 is 1.52 bits per heavy atom. The maximum absolute atomic E-state index is 12.8. The van der Waals surface area contributed by atoms with E-state index in [0.717, 1.165) is 39.0 Å². The lowest BCUT2D eigenvalue weighted by molar-refractivity contribution is -0.146. The SMILES string of the molecule is CN1CCN(C(=O)C2CCN(C(=O)C3COc4ccccc4O3)CC2)CC1. The molecule has 2 fully saturated rings. The van der Waals surface area contributed by atoms with Gasteiger partial charge in [-0.25, -0.2) is 0 Å². The van der Waals surface area contributed by atoms with Crippen LogP contribution in [0, 0.1) is 5.92 Å². The topological polar surface area (TPSA) is 62.3 Å². The number of carbonyl (C=O) groups is 2. The molecule has 0 aliphatic carbocycles. The van der Waals surface area contributed by atoms with Crippen molar-refractivity contribution in [1.29, 1.82) is 0 Å². The molecule has 1 aromatic rings. The van der Waals surface area contributed by atoms with Crippen LogP contribution in [-0.4, -0.2) is 85.5 Å². The predicted molar refractivity (Wildman–Crippen MR) is 99.7 cm³/mol. The van der Waals surface area contributed by atoms with Gasteiger partial charge in [-0.2, -0.15) is 0 Å². The van der Waals surface area contributed by atoms with Crippen LogP contribution in [0.3, 0.4) is 0 Å². The number of fused-ring (bicyclic) bond motifs is 1. The molecule has 1 aromatic carbocycles. The molecule has 1 unspecified atom stereocenters. The van der Waals surface area contributed by atoms with Gasteiger partial charge >= 0.3 is 0 Å². The van der Waals surface area contributed by atoms with E-state index in [0.29, 0.717) is 24.6 Å². The highest BCUT2D eigenvalue weighted by atomic mass is 16.6. The van der Waals surface area contributed by atoms with E-state index >= 15 is 0 Å². The second-order valence-electron chi connectivity index (χ2n) is 7.59. The molecular weight excluding hydrogens is 346 g/mol. The van der Waals surface area contributed by atoms with Crippen molar-refractivity contribution in [2.45, 2.75) is 18.9 Å². The first kappa shape index (κ1) is 18.1. The molecule has 1 atom stereocenters. The third-order valence-corrected chi connectivity index (χ3v) is 5.75. The molecule has 4 rings (SSSR count). The van der Waals surface area contributed by atoms with Crippen molar-refractivity contribution in [3.05, 3.63) is 24.3 Å². The number of piperazine rings is 1. The van der Waals surface area contributed by atoms with Crippen LogP contribution in [0.15, 0.2) is 24.3 Å². The number of hydrogen-bond donors (Lipinski definition) is 0. The lowest BCUT2D eigenvalue weighted by Gasteiger charge is -2.38.